The normalized spacial score (nSPS) is 19.2. The highest BCUT2D eigenvalue weighted by Gasteiger charge is 2.53. The molecule has 1 aromatic rings. The van der Waals surface area contributed by atoms with Crippen molar-refractivity contribution in [3.05, 3.63) is 35.4 Å². The molecule has 0 aliphatic carbocycles. The summed E-state index contributed by atoms with van der Waals surface area (Å²) < 4.78 is 25.6. The van der Waals surface area contributed by atoms with Gasteiger partial charge in [-0.3, -0.25) is 0 Å². The molecule has 0 aromatic heterocycles. The van der Waals surface area contributed by atoms with Gasteiger partial charge in [0.05, 0.1) is 12.3 Å². The molecule has 2 N–H and O–H groups in total. The van der Waals surface area contributed by atoms with E-state index in [0.717, 1.165) is 30.2 Å². The van der Waals surface area contributed by atoms with Crippen molar-refractivity contribution in [3.8, 4) is 0 Å². The molecule has 0 atom stereocenters. The van der Waals surface area contributed by atoms with Gasteiger partial charge in [-0.15, -0.1) is 0 Å². The summed E-state index contributed by atoms with van der Waals surface area (Å²) in [5, 5.41) is 3.39. The average molecular weight is 381 g/mol. The number of hydrogen-bond acceptors (Lipinski definition) is 3. The number of guanidine groups is 1. The zero-order chi connectivity index (χ0) is 19.6. The second-order valence-corrected chi connectivity index (χ2v) is 9.91. The van der Waals surface area contributed by atoms with E-state index in [2.05, 4.69) is 49.6 Å². The van der Waals surface area contributed by atoms with E-state index in [1.165, 1.54) is 7.05 Å². The third kappa shape index (κ3) is 4.38. The summed E-state index contributed by atoms with van der Waals surface area (Å²) in [5.41, 5.74) is 2.14. The molecule has 1 fully saturated rings. The summed E-state index contributed by atoms with van der Waals surface area (Å²) >= 11 is 0. The lowest BCUT2D eigenvalue weighted by molar-refractivity contribution is -0.0667. The highest BCUT2D eigenvalue weighted by Crippen LogP contribution is 2.46. The van der Waals surface area contributed by atoms with Crippen LogP contribution in [-0.2, 0) is 22.3 Å². The van der Waals surface area contributed by atoms with Crippen LogP contribution in [0.15, 0.2) is 29.3 Å². The summed E-state index contributed by atoms with van der Waals surface area (Å²) in [6, 6.07) is 7.59. The summed E-state index contributed by atoms with van der Waals surface area (Å²) in [5.74, 6) is 0.922. The molecule has 1 aliphatic heterocycles. The third-order valence-corrected chi connectivity index (χ3v) is 6.91. The minimum Gasteiger partial charge on any atom is -0.356 e. The van der Waals surface area contributed by atoms with Crippen LogP contribution in [0.4, 0.5) is 0 Å². The fraction of sp³-hybridized carbons (Fsp3) is 0.632. The predicted molar refractivity (Wildman–Crippen MR) is 108 cm³/mol. The van der Waals surface area contributed by atoms with Crippen LogP contribution in [0.25, 0.3) is 0 Å². The van der Waals surface area contributed by atoms with Gasteiger partial charge in [-0.2, -0.15) is 0 Å². The van der Waals surface area contributed by atoms with E-state index >= 15 is 0 Å². The van der Waals surface area contributed by atoms with Gasteiger partial charge in [0.25, 0.3) is 0 Å². The van der Waals surface area contributed by atoms with Gasteiger partial charge < -0.3 is 10.2 Å². The fourth-order valence-electron chi connectivity index (χ4n) is 2.99. The standard InChI is InChI=1S/C19H32N4O2S/c1-7-21-17(23-14-18(2,3)19(23,4)5)22-12-15-8-10-16(11-9-15)13-26(24,25)20-6/h8-11,20H,7,12-14H2,1-6H3,(H,21,22). The summed E-state index contributed by atoms with van der Waals surface area (Å²) in [6.07, 6.45) is 0. The van der Waals surface area contributed by atoms with Crippen molar-refractivity contribution in [1.29, 1.82) is 0 Å². The number of aliphatic imine (C=N–C) groups is 1. The Morgan fingerprint density at radius 2 is 1.73 bits per heavy atom. The van der Waals surface area contributed by atoms with Gasteiger partial charge >= 0.3 is 0 Å². The molecule has 7 heteroatoms. The zero-order valence-electron chi connectivity index (χ0n) is 16.8. The van der Waals surface area contributed by atoms with Gasteiger partial charge in [0.1, 0.15) is 0 Å². The second kappa shape index (κ2) is 7.56. The van der Waals surface area contributed by atoms with Crippen LogP contribution in [0.2, 0.25) is 0 Å². The van der Waals surface area contributed by atoms with Crippen molar-refractivity contribution in [3.63, 3.8) is 0 Å². The zero-order valence-corrected chi connectivity index (χ0v) is 17.6. The maximum atomic E-state index is 11.6. The van der Waals surface area contributed by atoms with E-state index in [1.54, 1.807) is 0 Å². The predicted octanol–water partition coefficient (Wildman–Crippen LogP) is 2.32. The van der Waals surface area contributed by atoms with Crippen molar-refractivity contribution >= 4 is 16.0 Å². The van der Waals surface area contributed by atoms with E-state index in [9.17, 15) is 8.42 Å². The number of sulfonamides is 1. The number of hydrogen-bond donors (Lipinski definition) is 2. The molecule has 1 saturated heterocycles. The maximum Gasteiger partial charge on any atom is 0.215 e. The summed E-state index contributed by atoms with van der Waals surface area (Å²) in [4.78, 5) is 7.11. The maximum absolute atomic E-state index is 11.6. The molecule has 0 bridgehead atoms. The molecule has 0 amide bonds. The van der Waals surface area contributed by atoms with Crippen LogP contribution >= 0.6 is 0 Å². The molecular formula is C19H32N4O2S. The monoisotopic (exact) mass is 380 g/mol. The first-order chi connectivity index (χ1) is 12.0. The lowest BCUT2D eigenvalue weighted by atomic mass is 9.65. The first kappa shape index (κ1) is 20.7. The van der Waals surface area contributed by atoms with Crippen LogP contribution in [0, 0.1) is 5.41 Å². The third-order valence-electron chi connectivity index (χ3n) is 5.58. The Bertz CT molecular complexity index is 752. The molecule has 26 heavy (non-hydrogen) atoms. The van der Waals surface area contributed by atoms with Crippen molar-refractivity contribution in [2.75, 3.05) is 20.1 Å². The molecule has 0 spiro atoms. The summed E-state index contributed by atoms with van der Waals surface area (Å²) in [7, 11) is -1.81. The van der Waals surface area contributed by atoms with E-state index in [-0.39, 0.29) is 16.7 Å². The van der Waals surface area contributed by atoms with Crippen molar-refractivity contribution in [1.82, 2.24) is 14.9 Å². The largest absolute Gasteiger partial charge is 0.356 e. The molecule has 2 rings (SSSR count). The lowest BCUT2D eigenvalue weighted by Gasteiger charge is -2.62. The lowest BCUT2D eigenvalue weighted by Crippen LogP contribution is -2.72. The van der Waals surface area contributed by atoms with Crippen LogP contribution in [-0.4, -0.2) is 45.0 Å². The SMILES string of the molecule is CCNC(=NCc1ccc(CS(=O)(=O)NC)cc1)N1CC(C)(C)C1(C)C. The smallest absolute Gasteiger partial charge is 0.215 e. The van der Waals surface area contributed by atoms with Gasteiger partial charge in [-0.05, 0) is 38.9 Å². The Kier molecular flexibility index (Phi) is 6.02. The van der Waals surface area contributed by atoms with Crippen molar-refractivity contribution in [2.24, 2.45) is 10.4 Å². The van der Waals surface area contributed by atoms with Crippen LogP contribution in [0.3, 0.4) is 0 Å². The minimum absolute atomic E-state index is 0.00720. The highest BCUT2D eigenvalue weighted by atomic mass is 32.2. The van der Waals surface area contributed by atoms with E-state index in [0.29, 0.717) is 6.54 Å². The molecule has 146 valence electrons. The van der Waals surface area contributed by atoms with Crippen molar-refractivity contribution in [2.45, 2.75) is 52.5 Å². The Morgan fingerprint density at radius 3 is 2.19 bits per heavy atom. The number of nitrogens with zero attached hydrogens (tertiary/aromatic N) is 2. The van der Waals surface area contributed by atoms with Gasteiger partial charge in [-0.25, -0.2) is 18.1 Å². The molecule has 0 radical (unpaired) electrons. The number of benzene rings is 1. The van der Waals surface area contributed by atoms with Crippen LogP contribution < -0.4 is 10.0 Å². The summed E-state index contributed by atoms with van der Waals surface area (Å²) in [6.45, 7) is 13.5. The van der Waals surface area contributed by atoms with Crippen LogP contribution in [0.5, 0.6) is 0 Å². The Hall–Kier alpha value is -1.60. The highest BCUT2D eigenvalue weighted by molar-refractivity contribution is 7.88. The average Bonchev–Trinajstić information content (AvgIpc) is 2.58. The minimum atomic E-state index is -3.24. The van der Waals surface area contributed by atoms with Crippen molar-refractivity contribution < 1.29 is 8.42 Å². The molecule has 0 saturated carbocycles. The molecule has 1 aromatic carbocycles. The van der Waals surface area contributed by atoms with Crippen LogP contribution in [0.1, 0.15) is 45.7 Å². The Labute approximate surface area is 158 Å². The quantitative estimate of drug-likeness (QED) is 0.587. The number of nitrogens with one attached hydrogen (secondary N) is 2. The molecular weight excluding hydrogens is 348 g/mol. The van der Waals surface area contributed by atoms with Gasteiger partial charge in [-0.1, -0.05) is 38.1 Å². The first-order valence-electron chi connectivity index (χ1n) is 9.07. The fourth-order valence-corrected chi connectivity index (χ4v) is 3.77. The molecule has 0 unspecified atom stereocenters. The first-order valence-corrected chi connectivity index (χ1v) is 10.7. The van der Waals surface area contributed by atoms with E-state index in [1.807, 2.05) is 24.3 Å². The Morgan fingerprint density at radius 1 is 1.15 bits per heavy atom. The van der Waals surface area contributed by atoms with Gasteiger partial charge in [0.2, 0.25) is 10.0 Å². The second-order valence-electron chi connectivity index (χ2n) is 7.98. The molecule has 6 nitrogen and oxygen atoms in total. The van der Waals surface area contributed by atoms with E-state index < -0.39 is 10.0 Å². The van der Waals surface area contributed by atoms with E-state index in [4.69, 9.17) is 4.99 Å². The number of likely N-dealkylation sites (tertiary alicyclic amines) is 1. The Balaban J connectivity index is 2.08. The topological polar surface area (TPSA) is 73.8 Å². The van der Waals surface area contributed by atoms with Gasteiger partial charge in [0.15, 0.2) is 5.96 Å². The molecule has 1 heterocycles. The molecule has 1 aliphatic rings. The number of rotatable bonds is 6. The van der Waals surface area contributed by atoms with Gasteiger partial charge in [0, 0.05) is 24.0 Å².